The highest BCUT2D eigenvalue weighted by Crippen LogP contribution is 2.37. The Morgan fingerprint density at radius 3 is 3.05 bits per heavy atom. The Hall–Kier alpha value is -0.510. The zero-order chi connectivity index (χ0) is 13.2. The number of thiophene rings is 1. The molecule has 2 aromatic heterocycles. The maximum Gasteiger partial charge on any atom is 0.0734 e. The molecule has 100 valence electrons. The molecule has 2 aromatic rings. The summed E-state index contributed by atoms with van der Waals surface area (Å²) in [6.45, 7) is 2.06. The van der Waals surface area contributed by atoms with Gasteiger partial charge in [-0.15, -0.1) is 22.9 Å². The van der Waals surface area contributed by atoms with Crippen molar-refractivity contribution in [2.45, 2.75) is 30.9 Å². The summed E-state index contributed by atoms with van der Waals surface area (Å²) in [5, 5.41) is 0.0517. The van der Waals surface area contributed by atoms with E-state index in [1.54, 1.807) is 0 Å². The summed E-state index contributed by atoms with van der Waals surface area (Å²) < 4.78 is 0. The normalized spacial score (nSPS) is 16.1. The number of nitrogens with zero attached hydrogens (tertiary/aromatic N) is 1. The molecule has 0 saturated heterocycles. The summed E-state index contributed by atoms with van der Waals surface area (Å²) >= 11 is 10.5. The van der Waals surface area contributed by atoms with E-state index in [0.717, 1.165) is 17.9 Å². The van der Waals surface area contributed by atoms with Crippen molar-refractivity contribution in [2.75, 3.05) is 5.75 Å². The predicted molar refractivity (Wildman–Crippen MR) is 85.5 cm³/mol. The molecule has 19 heavy (non-hydrogen) atoms. The molecule has 0 amide bonds. The Bertz CT molecular complexity index is 539. The molecule has 0 N–H and O–H groups in total. The van der Waals surface area contributed by atoms with Gasteiger partial charge >= 0.3 is 0 Å². The van der Waals surface area contributed by atoms with Crippen molar-refractivity contribution in [3.63, 3.8) is 0 Å². The van der Waals surface area contributed by atoms with Crippen molar-refractivity contribution in [1.82, 2.24) is 4.98 Å². The largest absolute Gasteiger partial charge is 0.261 e. The third kappa shape index (κ3) is 3.15. The Labute approximate surface area is 127 Å². The summed E-state index contributed by atoms with van der Waals surface area (Å²) in [5.41, 5.74) is 3.77. The summed E-state index contributed by atoms with van der Waals surface area (Å²) in [4.78, 5) is 7.28. The van der Waals surface area contributed by atoms with Crippen LogP contribution in [-0.2, 0) is 18.6 Å². The van der Waals surface area contributed by atoms with Crippen molar-refractivity contribution < 1.29 is 0 Å². The molecule has 1 aliphatic rings. The van der Waals surface area contributed by atoms with Gasteiger partial charge in [-0.2, -0.15) is 11.8 Å². The molecule has 0 bridgehead atoms. The number of halogens is 1. The van der Waals surface area contributed by atoms with Crippen molar-refractivity contribution in [3.8, 4) is 0 Å². The molecule has 0 aromatic carbocycles. The van der Waals surface area contributed by atoms with Crippen molar-refractivity contribution in [1.29, 1.82) is 0 Å². The van der Waals surface area contributed by atoms with Crippen molar-refractivity contribution in [3.05, 3.63) is 51.0 Å². The number of aryl methyl sites for hydroxylation is 2. The van der Waals surface area contributed by atoms with E-state index in [-0.39, 0.29) is 5.38 Å². The maximum absolute atomic E-state index is 6.56. The zero-order valence-electron chi connectivity index (χ0n) is 10.9. The first kappa shape index (κ1) is 13.5. The second-order valence-corrected chi connectivity index (χ2v) is 7.70. The molecule has 1 atom stereocenters. The highest BCUT2D eigenvalue weighted by molar-refractivity contribution is 7.98. The van der Waals surface area contributed by atoms with E-state index in [2.05, 4.69) is 30.1 Å². The lowest BCUT2D eigenvalue weighted by molar-refractivity contribution is 0.893. The standard InChI is InChI=1S/C15H16ClNS2/c1-10-2-3-12(17-8-10)7-13(16)15-6-11-9-18-5-4-14(11)19-15/h2-3,6,8,13H,4-5,7,9H2,1H3. The van der Waals surface area contributed by atoms with E-state index in [1.807, 2.05) is 29.3 Å². The molecule has 1 unspecified atom stereocenters. The van der Waals surface area contributed by atoms with Crippen LogP contribution in [0.15, 0.2) is 24.4 Å². The Kier molecular flexibility index (Phi) is 4.15. The SMILES string of the molecule is Cc1ccc(CC(Cl)c2cc3c(s2)CCSC3)nc1. The van der Waals surface area contributed by atoms with Crippen molar-refractivity contribution >= 4 is 34.7 Å². The average molecular weight is 310 g/mol. The number of hydrogen-bond acceptors (Lipinski definition) is 3. The summed E-state index contributed by atoms with van der Waals surface area (Å²) in [6, 6.07) is 6.48. The lowest BCUT2D eigenvalue weighted by Crippen LogP contribution is -1.96. The van der Waals surface area contributed by atoms with Gasteiger partial charge in [-0.3, -0.25) is 4.98 Å². The molecule has 4 heteroatoms. The number of hydrogen-bond donors (Lipinski definition) is 0. The van der Waals surface area contributed by atoms with E-state index < -0.39 is 0 Å². The summed E-state index contributed by atoms with van der Waals surface area (Å²) in [6.07, 6.45) is 3.93. The fourth-order valence-corrected chi connectivity index (χ4v) is 4.94. The minimum atomic E-state index is 0.0517. The quantitative estimate of drug-likeness (QED) is 0.758. The van der Waals surface area contributed by atoms with Gasteiger partial charge in [0.2, 0.25) is 0 Å². The molecule has 0 radical (unpaired) electrons. The molecular weight excluding hydrogens is 294 g/mol. The Morgan fingerprint density at radius 1 is 1.42 bits per heavy atom. The number of alkyl halides is 1. The van der Waals surface area contributed by atoms with Crippen LogP contribution in [0.1, 0.15) is 32.0 Å². The molecule has 1 aliphatic heterocycles. The molecule has 0 saturated carbocycles. The molecular formula is C15H16ClNS2. The molecule has 0 spiro atoms. The van der Waals surface area contributed by atoms with Gasteiger partial charge in [0.15, 0.2) is 0 Å². The first-order chi connectivity index (χ1) is 9.22. The van der Waals surface area contributed by atoms with Gasteiger partial charge in [0.1, 0.15) is 0 Å². The van der Waals surface area contributed by atoms with Gasteiger partial charge in [-0.05, 0) is 42.4 Å². The number of aromatic nitrogens is 1. The number of rotatable bonds is 3. The van der Waals surface area contributed by atoms with E-state index in [1.165, 1.54) is 33.1 Å². The van der Waals surface area contributed by atoms with Gasteiger partial charge in [-0.1, -0.05) is 6.07 Å². The minimum absolute atomic E-state index is 0.0517. The maximum atomic E-state index is 6.56. The highest BCUT2D eigenvalue weighted by Gasteiger charge is 2.18. The average Bonchev–Trinajstić information content (AvgIpc) is 2.85. The minimum Gasteiger partial charge on any atom is -0.261 e. The van der Waals surface area contributed by atoms with Crippen LogP contribution < -0.4 is 0 Å². The first-order valence-electron chi connectivity index (χ1n) is 6.47. The lowest BCUT2D eigenvalue weighted by atomic mass is 10.1. The third-order valence-electron chi connectivity index (χ3n) is 3.32. The third-order valence-corrected chi connectivity index (χ3v) is 6.19. The van der Waals surface area contributed by atoms with Crippen LogP contribution in [0.5, 0.6) is 0 Å². The van der Waals surface area contributed by atoms with Crippen molar-refractivity contribution in [2.24, 2.45) is 0 Å². The predicted octanol–water partition coefficient (Wildman–Crippen LogP) is 4.76. The lowest BCUT2D eigenvalue weighted by Gasteiger charge is -2.08. The summed E-state index contributed by atoms with van der Waals surface area (Å²) in [5.74, 6) is 2.40. The Morgan fingerprint density at radius 2 is 2.32 bits per heavy atom. The van der Waals surface area contributed by atoms with Gasteiger partial charge < -0.3 is 0 Å². The van der Waals surface area contributed by atoms with Gasteiger partial charge in [0, 0.05) is 33.8 Å². The van der Waals surface area contributed by atoms with E-state index in [4.69, 9.17) is 11.6 Å². The molecule has 0 aliphatic carbocycles. The van der Waals surface area contributed by atoms with Crippen LogP contribution in [0.3, 0.4) is 0 Å². The Balaban J connectivity index is 1.74. The molecule has 3 heterocycles. The highest BCUT2D eigenvalue weighted by atomic mass is 35.5. The van der Waals surface area contributed by atoms with Crippen LogP contribution in [0.25, 0.3) is 0 Å². The zero-order valence-corrected chi connectivity index (χ0v) is 13.2. The monoisotopic (exact) mass is 309 g/mol. The molecule has 1 nitrogen and oxygen atoms in total. The molecule has 3 rings (SSSR count). The van der Waals surface area contributed by atoms with Crippen LogP contribution in [-0.4, -0.2) is 10.7 Å². The second kappa shape index (κ2) is 5.86. The number of thioether (sulfide) groups is 1. The summed E-state index contributed by atoms with van der Waals surface area (Å²) in [7, 11) is 0. The van der Waals surface area contributed by atoms with E-state index in [0.29, 0.717) is 0 Å². The van der Waals surface area contributed by atoms with E-state index in [9.17, 15) is 0 Å². The smallest absolute Gasteiger partial charge is 0.0734 e. The second-order valence-electron chi connectivity index (χ2n) is 4.90. The fraction of sp³-hybridized carbons (Fsp3) is 0.400. The van der Waals surface area contributed by atoms with Crippen LogP contribution in [0.2, 0.25) is 0 Å². The van der Waals surface area contributed by atoms with Gasteiger partial charge in [0.05, 0.1) is 5.38 Å². The number of pyridine rings is 1. The van der Waals surface area contributed by atoms with Crippen LogP contribution in [0, 0.1) is 6.92 Å². The van der Waals surface area contributed by atoms with Crippen LogP contribution in [0.4, 0.5) is 0 Å². The fourth-order valence-electron chi connectivity index (χ4n) is 2.23. The topological polar surface area (TPSA) is 12.9 Å². The first-order valence-corrected chi connectivity index (χ1v) is 8.88. The van der Waals surface area contributed by atoms with E-state index >= 15 is 0 Å². The van der Waals surface area contributed by atoms with Crippen LogP contribution >= 0.6 is 34.7 Å². The van der Waals surface area contributed by atoms with Gasteiger partial charge in [-0.25, -0.2) is 0 Å². The molecule has 0 fully saturated rings. The van der Waals surface area contributed by atoms with Gasteiger partial charge in [0.25, 0.3) is 0 Å². The number of fused-ring (bicyclic) bond motifs is 1.